The van der Waals surface area contributed by atoms with Gasteiger partial charge in [-0.15, -0.1) is 0 Å². The number of nitrogens with one attached hydrogen (secondary N) is 1. The lowest BCUT2D eigenvalue weighted by atomic mass is 10.1. The second-order valence-electron chi connectivity index (χ2n) is 4.48. The molecule has 1 amide bonds. The zero-order valence-electron chi connectivity index (χ0n) is 12.1. The highest BCUT2D eigenvalue weighted by Gasteiger charge is 2.06. The summed E-state index contributed by atoms with van der Waals surface area (Å²) < 4.78 is 5.14. The van der Waals surface area contributed by atoms with Gasteiger partial charge in [0.05, 0.1) is 0 Å². The third-order valence-corrected chi connectivity index (χ3v) is 2.93. The summed E-state index contributed by atoms with van der Waals surface area (Å²) in [7, 11) is 0. The van der Waals surface area contributed by atoms with Crippen molar-refractivity contribution in [2.75, 3.05) is 13.2 Å². The number of carbonyl (C=O) groups excluding carboxylic acids is 1. The van der Waals surface area contributed by atoms with Gasteiger partial charge in [-0.1, -0.05) is 19.1 Å². The van der Waals surface area contributed by atoms with Crippen LogP contribution in [0.4, 0.5) is 0 Å². The van der Waals surface area contributed by atoms with Crippen molar-refractivity contribution in [3.63, 3.8) is 0 Å². The Morgan fingerprint density at radius 2 is 2.19 bits per heavy atom. The first-order valence-electron chi connectivity index (χ1n) is 6.88. The molecule has 5 nitrogen and oxygen atoms in total. The minimum atomic E-state index is -0.180. The number of aliphatic hydroxyl groups excluding tert-OH is 1. The average Bonchev–Trinajstić information content (AvgIpc) is 2.51. The van der Waals surface area contributed by atoms with Gasteiger partial charge < -0.3 is 15.2 Å². The van der Waals surface area contributed by atoms with E-state index >= 15 is 0 Å². The smallest absolute Gasteiger partial charge is 0.244 e. The highest BCUT2D eigenvalue weighted by molar-refractivity contribution is 5.91. The van der Waals surface area contributed by atoms with Gasteiger partial charge in [-0.05, 0) is 36.6 Å². The largest absolute Gasteiger partial charge is 0.479 e. The molecule has 0 radical (unpaired) electrons. The SMILES string of the molecule is CCC(CCO)NC(=O)/C=C/c1ccc(OCC#N)cc1. The first-order chi connectivity index (χ1) is 10.2. The molecular formula is C16H20N2O3. The number of amides is 1. The molecule has 0 aromatic heterocycles. The molecule has 0 bridgehead atoms. The van der Waals surface area contributed by atoms with Crippen LogP contribution < -0.4 is 10.1 Å². The first kappa shape index (κ1) is 16.7. The molecule has 0 aliphatic heterocycles. The van der Waals surface area contributed by atoms with Gasteiger partial charge in [-0.3, -0.25) is 4.79 Å². The number of aliphatic hydroxyl groups is 1. The summed E-state index contributed by atoms with van der Waals surface area (Å²) in [5, 5.41) is 20.1. The van der Waals surface area contributed by atoms with Gasteiger partial charge in [-0.25, -0.2) is 0 Å². The topological polar surface area (TPSA) is 82.3 Å². The molecule has 1 aromatic carbocycles. The Labute approximate surface area is 124 Å². The van der Waals surface area contributed by atoms with Gasteiger partial charge in [0.15, 0.2) is 6.61 Å². The maximum Gasteiger partial charge on any atom is 0.244 e. The van der Waals surface area contributed by atoms with Crippen LogP contribution in [0.1, 0.15) is 25.3 Å². The monoisotopic (exact) mass is 288 g/mol. The molecule has 1 atom stereocenters. The number of nitrogens with zero attached hydrogens (tertiary/aromatic N) is 1. The van der Waals surface area contributed by atoms with Crippen LogP contribution in [0.15, 0.2) is 30.3 Å². The van der Waals surface area contributed by atoms with Gasteiger partial charge in [0.1, 0.15) is 11.8 Å². The molecule has 21 heavy (non-hydrogen) atoms. The highest BCUT2D eigenvalue weighted by Crippen LogP contribution is 2.13. The van der Waals surface area contributed by atoms with Crippen molar-refractivity contribution in [3.8, 4) is 11.8 Å². The molecule has 0 saturated carbocycles. The second kappa shape index (κ2) is 9.56. The number of hydrogen-bond donors (Lipinski definition) is 2. The predicted molar refractivity (Wildman–Crippen MR) is 80.5 cm³/mol. The summed E-state index contributed by atoms with van der Waals surface area (Å²) in [6.07, 6.45) is 4.51. The van der Waals surface area contributed by atoms with Crippen LogP contribution in [0.5, 0.6) is 5.75 Å². The Morgan fingerprint density at radius 3 is 2.76 bits per heavy atom. The third-order valence-electron chi connectivity index (χ3n) is 2.93. The molecular weight excluding hydrogens is 268 g/mol. The standard InChI is InChI=1S/C16H20N2O3/c1-2-14(9-11-19)18-16(20)8-5-13-3-6-15(7-4-13)21-12-10-17/h3-8,14,19H,2,9,11-12H2,1H3,(H,18,20)/b8-5+. The van der Waals surface area contributed by atoms with Gasteiger partial charge in [0.2, 0.25) is 5.91 Å². The Morgan fingerprint density at radius 1 is 1.48 bits per heavy atom. The lowest BCUT2D eigenvalue weighted by Crippen LogP contribution is -2.33. The number of benzene rings is 1. The molecule has 1 aromatic rings. The Bertz CT molecular complexity index is 503. The lowest BCUT2D eigenvalue weighted by Gasteiger charge is -2.13. The van der Waals surface area contributed by atoms with E-state index in [0.717, 1.165) is 12.0 Å². The van der Waals surface area contributed by atoms with E-state index in [9.17, 15) is 4.79 Å². The van der Waals surface area contributed by atoms with Crippen molar-refractivity contribution in [1.82, 2.24) is 5.32 Å². The molecule has 0 aliphatic rings. The van der Waals surface area contributed by atoms with E-state index in [2.05, 4.69) is 5.32 Å². The van der Waals surface area contributed by atoms with Gasteiger partial charge >= 0.3 is 0 Å². The number of nitriles is 1. The fraction of sp³-hybridized carbons (Fsp3) is 0.375. The zero-order chi connectivity index (χ0) is 15.5. The molecule has 1 rings (SSSR count). The minimum absolute atomic E-state index is 0.00564. The number of hydrogen-bond acceptors (Lipinski definition) is 4. The number of ether oxygens (including phenoxy) is 1. The van der Waals surface area contributed by atoms with Crippen LogP contribution in [0, 0.1) is 11.3 Å². The Kier molecular flexibility index (Phi) is 7.62. The van der Waals surface area contributed by atoms with Crippen molar-refractivity contribution in [3.05, 3.63) is 35.9 Å². The van der Waals surface area contributed by atoms with E-state index in [1.807, 2.05) is 25.1 Å². The van der Waals surface area contributed by atoms with Crippen molar-refractivity contribution in [2.24, 2.45) is 0 Å². The number of carbonyl (C=O) groups is 1. The van der Waals surface area contributed by atoms with Crippen molar-refractivity contribution >= 4 is 12.0 Å². The quantitative estimate of drug-likeness (QED) is 0.715. The summed E-state index contributed by atoms with van der Waals surface area (Å²) in [5.41, 5.74) is 0.865. The maximum atomic E-state index is 11.7. The minimum Gasteiger partial charge on any atom is -0.479 e. The summed E-state index contributed by atoms with van der Waals surface area (Å²) in [5.74, 6) is 0.437. The summed E-state index contributed by atoms with van der Waals surface area (Å²) in [6.45, 7) is 2.04. The fourth-order valence-electron chi connectivity index (χ4n) is 1.75. The van der Waals surface area contributed by atoms with Crippen LogP contribution in [-0.2, 0) is 4.79 Å². The maximum absolute atomic E-state index is 11.7. The van der Waals surface area contributed by atoms with Crippen LogP contribution in [-0.4, -0.2) is 30.3 Å². The van der Waals surface area contributed by atoms with E-state index in [4.69, 9.17) is 15.1 Å². The zero-order valence-corrected chi connectivity index (χ0v) is 12.1. The van der Waals surface area contributed by atoms with Crippen LogP contribution >= 0.6 is 0 Å². The van der Waals surface area contributed by atoms with E-state index in [1.54, 1.807) is 18.2 Å². The van der Waals surface area contributed by atoms with E-state index < -0.39 is 0 Å². The molecule has 112 valence electrons. The third kappa shape index (κ3) is 6.59. The van der Waals surface area contributed by atoms with Gasteiger partial charge in [0, 0.05) is 18.7 Å². The predicted octanol–water partition coefficient (Wildman–Crippen LogP) is 1.88. The second-order valence-corrected chi connectivity index (χ2v) is 4.48. The Hall–Kier alpha value is -2.32. The van der Waals surface area contributed by atoms with Gasteiger partial charge in [-0.2, -0.15) is 5.26 Å². The van der Waals surface area contributed by atoms with Crippen molar-refractivity contribution < 1.29 is 14.6 Å². The summed E-state index contributed by atoms with van der Waals surface area (Å²) >= 11 is 0. The van der Waals surface area contributed by atoms with Crippen molar-refractivity contribution in [2.45, 2.75) is 25.8 Å². The normalized spacial score (nSPS) is 11.9. The van der Waals surface area contributed by atoms with E-state index in [-0.39, 0.29) is 25.2 Å². The molecule has 0 spiro atoms. The fourth-order valence-corrected chi connectivity index (χ4v) is 1.75. The molecule has 0 aliphatic carbocycles. The van der Waals surface area contributed by atoms with Crippen LogP contribution in [0.3, 0.4) is 0 Å². The Balaban J connectivity index is 2.51. The molecule has 0 saturated heterocycles. The average molecular weight is 288 g/mol. The van der Waals surface area contributed by atoms with Crippen LogP contribution in [0.25, 0.3) is 6.08 Å². The van der Waals surface area contributed by atoms with E-state index in [0.29, 0.717) is 12.2 Å². The van der Waals surface area contributed by atoms with Crippen molar-refractivity contribution in [1.29, 1.82) is 5.26 Å². The summed E-state index contributed by atoms with van der Waals surface area (Å²) in [6, 6.07) is 9.00. The van der Waals surface area contributed by atoms with Crippen LogP contribution in [0.2, 0.25) is 0 Å². The molecule has 5 heteroatoms. The molecule has 2 N–H and O–H groups in total. The lowest BCUT2D eigenvalue weighted by molar-refractivity contribution is -0.117. The van der Waals surface area contributed by atoms with Gasteiger partial charge in [0.25, 0.3) is 0 Å². The molecule has 0 heterocycles. The first-order valence-corrected chi connectivity index (χ1v) is 6.88. The number of rotatable bonds is 8. The summed E-state index contributed by atoms with van der Waals surface area (Å²) in [4.78, 5) is 11.7. The highest BCUT2D eigenvalue weighted by atomic mass is 16.5. The molecule has 0 fully saturated rings. The van der Waals surface area contributed by atoms with E-state index in [1.165, 1.54) is 6.08 Å². The molecule has 1 unspecified atom stereocenters.